The Kier molecular flexibility index (Phi) is 4.34. The lowest BCUT2D eigenvalue weighted by Gasteiger charge is -2.36. The Morgan fingerprint density at radius 2 is 2.00 bits per heavy atom. The maximum absolute atomic E-state index is 9.33. The van der Waals surface area contributed by atoms with Gasteiger partial charge in [0.05, 0.1) is 12.3 Å². The Hall–Kier alpha value is -2.14. The minimum Gasteiger partial charge on any atom is -0.394 e. The Morgan fingerprint density at radius 1 is 1.24 bits per heavy atom. The van der Waals surface area contributed by atoms with Gasteiger partial charge < -0.3 is 15.3 Å². The highest BCUT2D eigenvalue weighted by molar-refractivity contribution is 5.50. The highest BCUT2D eigenvalue weighted by Crippen LogP contribution is 2.40. The lowest BCUT2D eigenvalue weighted by molar-refractivity contribution is 0.281. The molecule has 0 bridgehead atoms. The second kappa shape index (κ2) is 6.64. The van der Waals surface area contributed by atoms with Gasteiger partial charge in [-0.2, -0.15) is 4.98 Å². The normalized spacial score (nSPS) is 20.9. The number of nitrogens with zero attached hydrogens (tertiary/aromatic N) is 3. The number of benzene rings is 1. The lowest BCUT2D eigenvalue weighted by Crippen LogP contribution is -2.39. The van der Waals surface area contributed by atoms with Crippen LogP contribution in [-0.4, -0.2) is 33.8 Å². The van der Waals surface area contributed by atoms with Gasteiger partial charge in [-0.05, 0) is 44.2 Å². The quantitative estimate of drug-likeness (QED) is 0.877. The van der Waals surface area contributed by atoms with E-state index in [1.165, 1.54) is 24.0 Å². The van der Waals surface area contributed by atoms with Gasteiger partial charge >= 0.3 is 0 Å². The smallest absolute Gasteiger partial charge is 0.225 e. The van der Waals surface area contributed by atoms with Crippen LogP contribution in [0.25, 0.3) is 0 Å². The third-order valence-electron chi connectivity index (χ3n) is 5.18. The van der Waals surface area contributed by atoms with Crippen molar-refractivity contribution in [1.29, 1.82) is 0 Å². The monoisotopic (exact) mass is 338 g/mol. The van der Waals surface area contributed by atoms with Crippen molar-refractivity contribution in [3.8, 4) is 0 Å². The maximum atomic E-state index is 9.33. The number of rotatable bonds is 5. The van der Waals surface area contributed by atoms with Crippen LogP contribution >= 0.6 is 0 Å². The minimum absolute atomic E-state index is 0.0539. The highest BCUT2D eigenvalue weighted by Gasteiger charge is 2.29. The zero-order valence-electron chi connectivity index (χ0n) is 14.9. The van der Waals surface area contributed by atoms with Crippen LogP contribution in [-0.2, 0) is 13.0 Å². The van der Waals surface area contributed by atoms with E-state index in [0.29, 0.717) is 17.9 Å². The van der Waals surface area contributed by atoms with Crippen molar-refractivity contribution in [2.24, 2.45) is 0 Å². The number of anilines is 2. The SMILES string of the molecule is C[C@H](CO)Nc1nc(C2CC2)cc(N2Cc3ccccc3C[C@H]2C)n1. The van der Waals surface area contributed by atoms with Crippen LogP contribution in [0.1, 0.15) is 49.4 Å². The summed E-state index contributed by atoms with van der Waals surface area (Å²) in [5, 5.41) is 12.6. The van der Waals surface area contributed by atoms with E-state index in [2.05, 4.69) is 52.5 Å². The third-order valence-corrected chi connectivity index (χ3v) is 5.18. The molecule has 4 rings (SSSR count). The molecule has 1 aliphatic carbocycles. The van der Waals surface area contributed by atoms with E-state index in [9.17, 15) is 5.11 Å². The van der Waals surface area contributed by atoms with Crippen molar-refractivity contribution in [3.05, 3.63) is 47.2 Å². The standard InChI is InChI=1S/C20H26N4O/c1-13(12-25)21-20-22-18(15-7-8-15)10-19(23-20)24-11-17-6-4-3-5-16(17)9-14(24)2/h3-6,10,13-15,25H,7-9,11-12H2,1-2H3,(H,21,22,23)/t13-,14-/m1/s1. The van der Waals surface area contributed by atoms with Gasteiger partial charge in [-0.3, -0.25) is 0 Å². The summed E-state index contributed by atoms with van der Waals surface area (Å²) >= 11 is 0. The van der Waals surface area contributed by atoms with Gasteiger partial charge in [0, 0.05) is 30.6 Å². The third kappa shape index (κ3) is 3.47. The molecule has 5 nitrogen and oxygen atoms in total. The van der Waals surface area contributed by atoms with E-state index in [1.807, 2.05) is 6.92 Å². The predicted molar refractivity (Wildman–Crippen MR) is 100.0 cm³/mol. The molecule has 2 N–H and O–H groups in total. The number of hydrogen-bond acceptors (Lipinski definition) is 5. The topological polar surface area (TPSA) is 61.3 Å². The molecule has 2 aromatic rings. The molecule has 0 amide bonds. The molecule has 2 atom stereocenters. The number of aliphatic hydroxyl groups is 1. The second-order valence-electron chi connectivity index (χ2n) is 7.43. The fraction of sp³-hybridized carbons (Fsp3) is 0.500. The fourth-order valence-electron chi connectivity index (χ4n) is 3.50. The molecule has 0 radical (unpaired) electrons. The number of aromatic nitrogens is 2. The molecule has 25 heavy (non-hydrogen) atoms. The average molecular weight is 338 g/mol. The largest absolute Gasteiger partial charge is 0.394 e. The van der Waals surface area contributed by atoms with Gasteiger partial charge in [-0.15, -0.1) is 0 Å². The molecule has 0 saturated heterocycles. The van der Waals surface area contributed by atoms with E-state index >= 15 is 0 Å². The summed E-state index contributed by atoms with van der Waals surface area (Å²) in [6.07, 6.45) is 3.46. The summed E-state index contributed by atoms with van der Waals surface area (Å²) in [6.45, 7) is 5.15. The molecule has 1 aliphatic heterocycles. The van der Waals surface area contributed by atoms with Gasteiger partial charge in [0.1, 0.15) is 5.82 Å². The van der Waals surface area contributed by atoms with E-state index in [1.54, 1.807) is 0 Å². The van der Waals surface area contributed by atoms with Gasteiger partial charge in [-0.1, -0.05) is 24.3 Å². The molecule has 5 heteroatoms. The first-order chi connectivity index (χ1) is 12.1. The number of aliphatic hydroxyl groups excluding tert-OH is 1. The Morgan fingerprint density at radius 3 is 2.72 bits per heavy atom. The van der Waals surface area contributed by atoms with Gasteiger partial charge in [0.15, 0.2) is 0 Å². The van der Waals surface area contributed by atoms with Crippen molar-refractivity contribution in [2.45, 2.75) is 57.7 Å². The number of nitrogens with one attached hydrogen (secondary N) is 1. The average Bonchev–Trinajstić information content (AvgIpc) is 3.46. The maximum Gasteiger partial charge on any atom is 0.225 e. The molecule has 2 aliphatic rings. The molecule has 2 heterocycles. The summed E-state index contributed by atoms with van der Waals surface area (Å²) in [7, 11) is 0. The molecule has 0 spiro atoms. The van der Waals surface area contributed by atoms with E-state index < -0.39 is 0 Å². The summed E-state index contributed by atoms with van der Waals surface area (Å²) < 4.78 is 0. The highest BCUT2D eigenvalue weighted by atomic mass is 16.3. The van der Waals surface area contributed by atoms with Crippen molar-refractivity contribution >= 4 is 11.8 Å². The van der Waals surface area contributed by atoms with Crippen molar-refractivity contribution in [1.82, 2.24) is 9.97 Å². The number of hydrogen-bond donors (Lipinski definition) is 2. The second-order valence-corrected chi connectivity index (χ2v) is 7.43. The van der Waals surface area contributed by atoms with E-state index in [-0.39, 0.29) is 12.6 Å². The van der Waals surface area contributed by atoms with Crippen molar-refractivity contribution in [2.75, 3.05) is 16.8 Å². The van der Waals surface area contributed by atoms with Gasteiger partial charge in [0.25, 0.3) is 0 Å². The summed E-state index contributed by atoms with van der Waals surface area (Å²) in [4.78, 5) is 11.8. The minimum atomic E-state index is -0.0539. The first-order valence-electron chi connectivity index (χ1n) is 9.24. The molecule has 132 valence electrons. The molecule has 0 unspecified atom stereocenters. The van der Waals surface area contributed by atoms with Crippen molar-refractivity contribution < 1.29 is 5.11 Å². The zero-order chi connectivity index (χ0) is 17.4. The fourth-order valence-corrected chi connectivity index (χ4v) is 3.50. The van der Waals surface area contributed by atoms with Crippen LogP contribution in [0.5, 0.6) is 0 Å². The van der Waals surface area contributed by atoms with Crippen LogP contribution in [0.15, 0.2) is 30.3 Å². The first-order valence-corrected chi connectivity index (χ1v) is 9.24. The Balaban J connectivity index is 1.66. The summed E-state index contributed by atoms with van der Waals surface area (Å²) in [5.41, 5.74) is 3.95. The zero-order valence-corrected chi connectivity index (χ0v) is 14.9. The molecular formula is C20H26N4O. The number of fused-ring (bicyclic) bond motifs is 1. The van der Waals surface area contributed by atoms with Crippen LogP contribution in [0, 0.1) is 0 Å². The Bertz CT molecular complexity index is 759. The molecular weight excluding hydrogens is 312 g/mol. The summed E-state index contributed by atoms with van der Waals surface area (Å²) in [6, 6.07) is 11.2. The van der Waals surface area contributed by atoms with Crippen LogP contribution in [0.4, 0.5) is 11.8 Å². The van der Waals surface area contributed by atoms with Crippen LogP contribution < -0.4 is 10.2 Å². The molecule has 1 saturated carbocycles. The van der Waals surface area contributed by atoms with Gasteiger partial charge in [0.2, 0.25) is 5.95 Å². The van der Waals surface area contributed by atoms with Crippen molar-refractivity contribution in [3.63, 3.8) is 0 Å². The molecule has 1 fully saturated rings. The first kappa shape index (κ1) is 16.3. The lowest BCUT2D eigenvalue weighted by atomic mass is 9.95. The van der Waals surface area contributed by atoms with Crippen LogP contribution in [0.2, 0.25) is 0 Å². The molecule has 1 aromatic carbocycles. The van der Waals surface area contributed by atoms with E-state index in [0.717, 1.165) is 24.5 Å². The molecule has 1 aromatic heterocycles. The van der Waals surface area contributed by atoms with E-state index in [4.69, 9.17) is 4.98 Å². The van der Waals surface area contributed by atoms with Crippen LogP contribution in [0.3, 0.4) is 0 Å². The predicted octanol–water partition coefficient (Wildman–Crippen LogP) is 3.10. The van der Waals surface area contributed by atoms with Gasteiger partial charge in [-0.25, -0.2) is 4.98 Å². The Labute approximate surface area is 149 Å². The summed E-state index contributed by atoms with van der Waals surface area (Å²) in [5.74, 6) is 2.19.